The van der Waals surface area contributed by atoms with E-state index in [1.165, 1.54) is 12.1 Å². The van der Waals surface area contributed by atoms with Crippen molar-refractivity contribution in [2.45, 2.75) is 25.9 Å². The molecule has 0 bridgehead atoms. The Balaban J connectivity index is 2.26. The third kappa shape index (κ3) is 5.40. The Morgan fingerprint density at radius 2 is 1.96 bits per heavy atom. The highest BCUT2D eigenvalue weighted by atomic mass is 31.0. The number of rotatable bonds is 8. The molecule has 0 aliphatic carbocycles. The van der Waals surface area contributed by atoms with Crippen molar-refractivity contribution in [1.82, 2.24) is 4.90 Å². The second-order valence-corrected chi connectivity index (χ2v) is 5.86. The summed E-state index contributed by atoms with van der Waals surface area (Å²) < 4.78 is 18.8. The zero-order chi connectivity index (χ0) is 17.4. The van der Waals surface area contributed by atoms with Crippen LogP contribution in [0.4, 0.5) is 4.39 Å². The topological polar surface area (TPSA) is 29.5 Å². The van der Waals surface area contributed by atoms with Crippen LogP contribution in [0.25, 0.3) is 0 Å². The molecule has 24 heavy (non-hydrogen) atoms. The van der Waals surface area contributed by atoms with E-state index in [2.05, 4.69) is 14.1 Å². The number of hydrogen-bond donors (Lipinski definition) is 0. The highest BCUT2D eigenvalue weighted by molar-refractivity contribution is 7.16. The van der Waals surface area contributed by atoms with E-state index in [9.17, 15) is 9.18 Å². The number of benzene rings is 2. The van der Waals surface area contributed by atoms with E-state index < -0.39 is 0 Å². The molecule has 2 atom stereocenters. The van der Waals surface area contributed by atoms with Gasteiger partial charge in [-0.3, -0.25) is 9.69 Å². The van der Waals surface area contributed by atoms with Gasteiger partial charge < -0.3 is 4.74 Å². The van der Waals surface area contributed by atoms with Gasteiger partial charge in [-0.25, -0.2) is 4.39 Å². The van der Waals surface area contributed by atoms with Gasteiger partial charge >= 0.3 is 5.97 Å². The van der Waals surface area contributed by atoms with Gasteiger partial charge in [0.2, 0.25) is 0 Å². The van der Waals surface area contributed by atoms with Crippen LogP contribution in [0.15, 0.2) is 54.6 Å². The molecule has 0 saturated heterocycles. The molecule has 0 spiro atoms. The molecule has 0 saturated carbocycles. The SMILES string of the molecule is CCOC(=O)C[C@@H](c1cccc(F)c1)N(CP)Cc1ccccc1. The quantitative estimate of drug-likeness (QED) is 0.531. The Morgan fingerprint density at radius 3 is 2.58 bits per heavy atom. The Kier molecular flexibility index (Phi) is 7.36. The lowest BCUT2D eigenvalue weighted by Gasteiger charge is -2.30. The third-order valence-electron chi connectivity index (χ3n) is 3.80. The maximum absolute atomic E-state index is 13.7. The average Bonchev–Trinajstić information content (AvgIpc) is 2.59. The van der Waals surface area contributed by atoms with E-state index in [-0.39, 0.29) is 24.2 Å². The molecule has 0 aliphatic rings. The van der Waals surface area contributed by atoms with E-state index in [4.69, 9.17) is 4.74 Å². The lowest BCUT2D eigenvalue weighted by Crippen LogP contribution is -2.29. The standard InChI is InChI=1S/C19H23FNO2P/c1-2-23-19(22)12-18(16-9-6-10-17(20)11-16)21(14-24)13-15-7-4-3-5-8-15/h3-11,18H,2,12-14,24H2,1H3/t18-/m0/s1. The fourth-order valence-electron chi connectivity index (χ4n) is 2.67. The first-order valence-electron chi connectivity index (χ1n) is 8.03. The third-order valence-corrected chi connectivity index (χ3v) is 4.27. The Morgan fingerprint density at radius 1 is 1.21 bits per heavy atom. The van der Waals surface area contributed by atoms with Crippen molar-refractivity contribution in [3.05, 3.63) is 71.5 Å². The summed E-state index contributed by atoms with van der Waals surface area (Å²) in [6, 6.07) is 16.2. The number of ether oxygens (including phenoxy) is 1. The number of nitrogens with zero attached hydrogens (tertiary/aromatic N) is 1. The van der Waals surface area contributed by atoms with E-state index in [0.29, 0.717) is 19.4 Å². The molecule has 2 rings (SSSR count). The predicted molar refractivity (Wildman–Crippen MR) is 97.0 cm³/mol. The maximum Gasteiger partial charge on any atom is 0.307 e. The van der Waals surface area contributed by atoms with Crippen molar-refractivity contribution in [2.75, 3.05) is 12.9 Å². The molecule has 0 heterocycles. The predicted octanol–water partition coefficient (Wildman–Crippen LogP) is 4.15. The van der Waals surface area contributed by atoms with E-state index >= 15 is 0 Å². The molecule has 0 fully saturated rings. The lowest BCUT2D eigenvalue weighted by atomic mass is 10.0. The Hall–Kier alpha value is -1.77. The van der Waals surface area contributed by atoms with Crippen molar-refractivity contribution < 1.29 is 13.9 Å². The van der Waals surface area contributed by atoms with Crippen molar-refractivity contribution in [3.8, 4) is 0 Å². The zero-order valence-electron chi connectivity index (χ0n) is 13.8. The minimum atomic E-state index is -0.301. The summed E-state index contributed by atoms with van der Waals surface area (Å²) in [6.07, 6.45) is 0.855. The van der Waals surface area contributed by atoms with Crippen LogP contribution >= 0.6 is 9.24 Å². The smallest absolute Gasteiger partial charge is 0.307 e. The number of carbonyl (C=O) groups excluding carboxylic acids is 1. The van der Waals surface area contributed by atoms with Crippen molar-refractivity contribution in [2.24, 2.45) is 0 Å². The van der Waals surface area contributed by atoms with Crippen molar-refractivity contribution in [1.29, 1.82) is 0 Å². The van der Waals surface area contributed by atoms with Crippen molar-refractivity contribution >= 4 is 15.2 Å². The van der Waals surface area contributed by atoms with Gasteiger partial charge in [0.05, 0.1) is 13.0 Å². The second-order valence-electron chi connectivity index (χ2n) is 5.49. The summed E-state index contributed by atoms with van der Waals surface area (Å²) in [4.78, 5) is 14.2. The first-order valence-corrected chi connectivity index (χ1v) is 8.84. The van der Waals surface area contributed by atoms with Gasteiger partial charge in [0.25, 0.3) is 0 Å². The van der Waals surface area contributed by atoms with Gasteiger partial charge in [0.15, 0.2) is 0 Å². The molecule has 1 unspecified atom stereocenters. The van der Waals surface area contributed by atoms with Gasteiger partial charge in [-0.1, -0.05) is 42.5 Å². The molecule has 5 heteroatoms. The fraction of sp³-hybridized carbons (Fsp3) is 0.316. The molecule has 128 valence electrons. The minimum absolute atomic E-state index is 0.193. The molecule has 3 nitrogen and oxygen atoms in total. The van der Waals surface area contributed by atoms with Crippen LogP contribution in [0.5, 0.6) is 0 Å². The Bertz CT molecular complexity index is 651. The summed E-state index contributed by atoms with van der Waals surface area (Å²) in [5.41, 5.74) is 1.92. The fourth-order valence-corrected chi connectivity index (χ4v) is 3.05. The summed E-state index contributed by atoms with van der Waals surface area (Å²) >= 11 is 0. The number of carbonyl (C=O) groups is 1. The molecule has 0 aliphatic heterocycles. The first kappa shape index (κ1) is 18.6. The average molecular weight is 347 g/mol. The van der Waals surface area contributed by atoms with E-state index in [1.807, 2.05) is 36.4 Å². The van der Waals surface area contributed by atoms with Crippen molar-refractivity contribution in [3.63, 3.8) is 0 Å². The van der Waals surface area contributed by atoms with E-state index in [0.717, 1.165) is 11.1 Å². The van der Waals surface area contributed by atoms with Crippen LogP contribution in [0, 0.1) is 5.82 Å². The van der Waals surface area contributed by atoms with Crippen LogP contribution in [-0.2, 0) is 16.1 Å². The van der Waals surface area contributed by atoms with Gasteiger partial charge in [0.1, 0.15) is 5.82 Å². The molecule has 2 aromatic rings. The molecular formula is C19H23FNO2P. The highest BCUT2D eigenvalue weighted by Gasteiger charge is 2.23. The van der Waals surface area contributed by atoms with E-state index in [1.54, 1.807) is 13.0 Å². The van der Waals surface area contributed by atoms with Crippen LogP contribution in [-0.4, -0.2) is 23.8 Å². The second kappa shape index (κ2) is 9.51. The highest BCUT2D eigenvalue weighted by Crippen LogP contribution is 2.28. The monoisotopic (exact) mass is 347 g/mol. The summed E-state index contributed by atoms with van der Waals surface area (Å²) in [6.45, 7) is 2.80. The van der Waals surface area contributed by atoms with Crippen LogP contribution in [0.3, 0.4) is 0 Å². The maximum atomic E-state index is 13.7. The normalized spacial score (nSPS) is 12.2. The molecule has 0 amide bonds. The van der Waals surface area contributed by atoms with Crippen LogP contribution < -0.4 is 0 Å². The number of hydrogen-bond acceptors (Lipinski definition) is 3. The van der Waals surface area contributed by atoms with Crippen LogP contribution in [0.1, 0.15) is 30.5 Å². The first-order chi connectivity index (χ1) is 11.6. The molecule has 0 radical (unpaired) electrons. The number of halogens is 1. The molecule has 0 aromatic heterocycles. The van der Waals surface area contributed by atoms with Gasteiger partial charge in [0, 0.05) is 18.9 Å². The summed E-state index contributed by atoms with van der Waals surface area (Å²) in [5.74, 6) is -0.576. The lowest BCUT2D eigenvalue weighted by molar-refractivity contribution is -0.144. The Labute approximate surface area is 145 Å². The summed E-state index contributed by atoms with van der Waals surface area (Å²) in [5, 5.41) is 0. The molecular weight excluding hydrogens is 324 g/mol. The van der Waals surface area contributed by atoms with Gasteiger partial charge in [-0.2, -0.15) is 0 Å². The molecule has 2 aromatic carbocycles. The van der Waals surface area contributed by atoms with Gasteiger partial charge in [-0.05, 0) is 30.2 Å². The summed E-state index contributed by atoms with van der Waals surface area (Å²) in [7, 11) is 2.69. The zero-order valence-corrected chi connectivity index (χ0v) is 15.0. The molecule has 0 N–H and O–H groups in total. The minimum Gasteiger partial charge on any atom is -0.466 e. The number of esters is 1. The largest absolute Gasteiger partial charge is 0.466 e. The van der Waals surface area contributed by atoms with Gasteiger partial charge in [-0.15, -0.1) is 9.24 Å². The van der Waals surface area contributed by atoms with Crippen LogP contribution in [0.2, 0.25) is 0 Å².